The second-order valence-electron chi connectivity index (χ2n) is 6.75. The van der Waals surface area contributed by atoms with Crippen LogP contribution in [0.15, 0.2) is 70.7 Å². The average Bonchev–Trinajstić information content (AvgIpc) is 2.76. The SMILES string of the molecule is C=C(C)C(=O)OCCOc1ccc(C(=NOS(=O)(=O)c2ccccc2C(F)(F)F)C(F)(F)F)cc1. The van der Waals surface area contributed by atoms with E-state index >= 15 is 0 Å². The normalized spacial score (nSPS) is 12.7. The molecule has 0 radical (unpaired) electrons. The lowest BCUT2D eigenvalue weighted by molar-refractivity contribution is -0.140. The molecule has 7 nitrogen and oxygen atoms in total. The monoisotopic (exact) mass is 525 g/mol. The molecule has 0 N–H and O–H groups in total. The van der Waals surface area contributed by atoms with Gasteiger partial charge in [-0.05, 0) is 43.3 Å². The van der Waals surface area contributed by atoms with Gasteiger partial charge < -0.3 is 9.47 Å². The molecule has 0 heterocycles. The molecule has 2 aromatic carbocycles. The Morgan fingerprint density at radius 1 is 0.971 bits per heavy atom. The van der Waals surface area contributed by atoms with Gasteiger partial charge in [0.1, 0.15) is 23.9 Å². The summed E-state index contributed by atoms with van der Waals surface area (Å²) in [7, 11) is -5.35. The number of esters is 1. The van der Waals surface area contributed by atoms with Gasteiger partial charge in [0.25, 0.3) is 0 Å². The number of carbonyl (C=O) groups is 1. The third-order valence-corrected chi connectivity index (χ3v) is 5.18. The maximum atomic E-state index is 13.5. The molecule has 0 aliphatic heterocycles. The van der Waals surface area contributed by atoms with Crippen molar-refractivity contribution in [1.82, 2.24) is 0 Å². The van der Waals surface area contributed by atoms with Crippen molar-refractivity contribution in [2.75, 3.05) is 13.2 Å². The van der Waals surface area contributed by atoms with Crippen LogP contribution in [0.1, 0.15) is 18.1 Å². The first-order valence-electron chi connectivity index (χ1n) is 9.44. The topological polar surface area (TPSA) is 91.3 Å². The Morgan fingerprint density at radius 3 is 2.11 bits per heavy atom. The standard InChI is InChI=1S/C21H17F6NO6S/c1-13(2)19(29)33-12-11-32-15-9-7-14(8-10-15)18(21(25,26)27)28-34-35(30,31)17-6-4-3-5-16(17)20(22,23)24/h3-10H,1,11-12H2,2H3. The number of alkyl halides is 6. The van der Waals surface area contributed by atoms with E-state index in [9.17, 15) is 39.6 Å². The molecule has 14 heteroatoms. The van der Waals surface area contributed by atoms with Gasteiger partial charge >= 0.3 is 28.4 Å². The summed E-state index contributed by atoms with van der Waals surface area (Å²) in [4.78, 5) is 9.86. The predicted molar refractivity (Wildman–Crippen MR) is 110 cm³/mol. The van der Waals surface area contributed by atoms with Gasteiger partial charge in [0.15, 0.2) is 5.71 Å². The van der Waals surface area contributed by atoms with Crippen molar-refractivity contribution in [2.24, 2.45) is 5.16 Å². The number of halogens is 6. The van der Waals surface area contributed by atoms with Crippen molar-refractivity contribution in [3.05, 3.63) is 71.8 Å². The van der Waals surface area contributed by atoms with Crippen LogP contribution in [0.2, 0.25) is 0 Å². The summed E-state index contributed by atoms with van der Waals surface area (Å²) < 4.78 is 118. The summed E-state index contributed by atoms with van der Waals surface area (Å²) in [6, 6.07) is 6.74. The summed E-state index contributed by atoms with van der Waals surface area (Å²) in [5.74, 6) is -0.572. The molecular weight excluding hydrogens is 508 g/mol. The molecule has 0 unspecified atom stereocenters. The molecular formula is C21H17F6NO6S. The van der Waals surface area contributed by atoms with Crippen LogP contribution < -0.4 is 4.74 Å². The molecule has 0 aliphatic carbocycles. The van der Waals surface area contributed by atoms with Gasteiger partial charge in [0.05, 0.1) is 5.56 Å². The van der Waals surface area contributed by atoms with Crippen LogP contribution >= 0.6 is 0 Å². The highest BCUT2D eigenvalue weighted by Gasteiger charge is 2.40. The minimum Gasteiger partial charge on any atom is -0.490 e. The minimum absolute atomic E-state index is 0.0780. The smallest absolute Gasteiger partial charge is 0.437 e. The van der Waals surface area contributed by atoms with E-state index in [0.29, 0.717) is 12.1 Å². The van der Waals surface area contributed by atoms with Gasteiger partial charge in [-0.3, -0.25) is 4.28 Å². The van der Waals surface area contributed by atoms with Gasteiger partial charge in [-0.2, -0.15) is 34.8 Å². The Hall–Kier alpha value is -3.55. The van der Waals surface area contributed by atoms with Crippen LogP contribution in [0, 0.1) is 0 Å². The number of hydrogen-bond donors (Lipinski definition) is 0. The van der Waals surface area contributed by atoms with Crippen molar-refractivity contribution < 1.29 is 53.3 Å². The zero-order valence-corrected chi connectivity index (χ0v) is 18.6. The summed E-state index contributed by atoms with van der Waals surface area (Å²) in [5.41, 5.74) is -3.93. The van der Waals surface area contributed by atoms with Gasteiger partial charge in [-0.25, -0.2) is 4.79 Å². The first-order valence-corrected chi connectivity index (χ1v) is 10.8. The highest BCUT2D eigenvalue weighted by atomic mass is 32.2. The molecule has 35 heavy (non-hydrogen) atoms. The predicted octanol–water partition coefficient (Wildman–Crippen LogP) is 4.88. The molecule has 0 spiro atoms. The van der Waals surface area contributed by atoms with Crippen molar-refractivity contribution in [3.63, 3.8) is 0 Å². The Kier molecular flexibility index (Phi) is 8.55. The second-order valence-corrected chi connectivity index (χ2v) is 8.25. The fraction of sp³-hybridized carbons (Fsp3) is 0.238. The van der Waals surface area contributed by atoms with Crippen molar-refractivity contribution >= 4 is 21.8 Å². The van der Waals surface area contributed by atoms with E-state index in [1.807, 2.05) is 0 Å². The van der Waals surface area contributed by atoms with E-state index in [2.05, 4.69) is 16.0 Å². The van der Waals surface area contributed by atoms with E-state index in [1.54, 1.807) is 0 Å². The van der Waals surface area contributed by atoms with E-state index in [-0.39, 0.29) is 24.5 Å². The van der Waals surface area contributed by atoms with Gasteiger partial charge in [0.2, 0.25) is 0 Å². The molecule has 190 valence electrons. The second kappa shape index (κ2) is 10.8. The molecule has 0 saturated heterocycles. The number of carbonyl (C=O) groups excluding carboxylic acids is 1. The first-order chi connectivity index (χ1) is 16.1. The third kappa shape index (κ3) is 7.73. The Balaban J connectivity index is 2.22. The lowest BCUT2D eigenvalue weighted by atomic mass is 10.1. The summed E-state index contributed by atoms with van der Waals surface area (Å²) in [6.45, 7) is 4.53. The Morgan fingerprint density at radius 2 is 1.57 bits per heavy atom. The van der Waals surface area contributed by atoms with Crippen LogP contribution in [0.4, 0.5) is 26.3 Å². The number of ether oxygens (including phenoxy) is 2. The fourth-order valence-electron chi connectivity index (χ4n) is 2.44. The maximum absolute atomic E-state index is 13.5. The van der Waals surface area contributed by atoms with E-state index < -0.39 is 50.2 Å². The first kappa shape index (κ1) is 27.7. The zero-order valence-electron chi connectivity index (χ0n) is 17.8. The summed E-state index contributed by atoms with van der Waals surface area (Å²) >= 11 is 0. The van der Waals surface area contributed by atoms with E-state index in [1.165, 1.54) is 6.92 Å². The quantitative estimate of drug-likeness (QED) is 0.116. The minimum atomic E-state index is -5.35. The van der Waals surface area contributed by atoms with Gasteiger partial charge in [-0.1, -0.05) is 23.9 Å². The van der Waals surface area contributed by atoms with E-state index in [0.717, 1.165) is 36.4 Å². The fourth-order valence-corrected chi connectivity index (χ4v) is 3.39. The van der Waals surface area contributed by atoms with Gasteiger partial charge in [-0.15, -0.1) is 0 Å². The van der Waals surface area contributed by atoms with Crippen LogP contribution in [0.25, 0.3) is 0 Å². The van der Waals surface area contributed by atoms with Gasteiger partial charge in [0, 0.05) is 11.1 Å². The van der Waals surface area contributed by atoms with Crippen molar-refractivity contribution in [2.45, 2.75) is 24.2 Å². The summed E-state index contributed by atoms with van der Waals surface area (Å²) in [6.07, 6.45) is -10.3. The number of rotatable bonds is 9. The lowest BCUT2D eigenvalue weighted by Crippen LogP contribution is -2.25. The van der Waals surface area contributed by atoms with E-state index in [4.69, 9.17) is 9.47 Å². The molecule has 2 aromatic rings. The van der Waals surface area contributed by atoms with Crippen LogP contribution in [0.3, 0.4) is 0 Å². The van der Waals surface area contributed by atoms with Crippen LogP contribution in [-0.4, -0.2) is 39.5 Å². The molecule has 2 rings (SSSR count). The van der Waals surface area contributed by atoms with Crippen LogP contribution in [0.5, 0.6) is 5.75 Å². The highest BCUT2D eigenvalue weighted by molar-refractivity contribution is 7.86. The number of oxime groups is 1. The number of benzene rings is 2. The molecule has 0 aliphatic rings. The Labute approximate surface area is 195 Å². The third-order valence-electron chi connectivity index (χ3n) is 4.02. The van der Waals surface area contributed by atoms with Crippen molar-refractivity contribution in [1.29, 1.82) is 0 Å². The summed E-state index contributed by atoms with van der Waals surface area (Å²) in [5, 5.41) is 2.61. The van der Waals surface area contributed by atoms with Crippen LogP contribution in [-0.2, 0) is 30.1 Å². The Bertz CT molecular complexity index is 1200. The average molecular weight is 525 g/mol. The number of hydrogen-bond acceptors (Lipinski definition) is 7. The lowest BCUT2D eigenvalue weighted by Gasteiger charge is -2.13. The highest BCUT2D eigenvalue weighted by Crippen LogP contribution is 2.35. The molecule has 0 saturated carbocycles. The molecule has 0 bridgehead atoms. The maximum Gasteiger partial charge on any atom is 0.437 e. The number of nitrogens with zero attached hydrogens (tertiary/aromatic N) is 1. The molecule has 0 fully saturated rings. The zero-order chi connectivity index (χ0) is 26.4. The van der Waals surface area contributed by atoms with Crippen molar-refractivity contribution in [3.8, 4) is 5.75 Å². The largest absolute Gasteiger partial charge is 0.490 e. The molecule has 0 amide bonds. The molecule has 0 aromatic heterocycles. The molecule has 0 atom stereocenters.